The Balaban J connectivity index is 1.72. The Bertz CT molecular complexity index is 671. The molecule has 8 nitrogen and oxygen atoms in total. The van der Waals surface area contributed by atoms with Crippen molar-refractivity contribution < 1.29 is 19.8 Å². The number of rotatable bonds is 7. The van der Waals surface area contributed by atoms with Crippen molar-refractivity contribution in [2.75, 3.05) is 32.7 Å². The van der Waals surface area contributed by atoms with Gasteiger partial charge in [0.2, 0.25) is 5.91 Å². The Hall–Kier alpha value is -1.93. The van der Waals surface area contributed by atoms with Crippen LogP contribution >= 0.6 is 0 Å². The standard InChI is InChI=1S/C19H30N4O4/c1-4-21(5-2)10-15(20)22-7-6-12(9-22)13-8-14-16(11(3)24)18(25)23(14)17(13)19(26)27/h11-12,14,16,20,24H,4-10H2,1-3H3,(H,26,27)/t11-,12-,14-,16-/m1/s1. The third-order valence-corrected chi connectivity index (χ3v) is 6.30. The van der Waals surface area contributed by atoms with Crippen molar-refractivity contribution in [2.45, 2.75) is 45.8 Å². The number of aliphatic hydroxyl groups is 1. The third kappa shape index (κ3) is 3.36. The van der Waals surface area contributed by atoms with Crippen molar-refractivity contribution in [1.82, 2.24) is 14.7 Å². The van der Waals surface area contributed by atoms with Gasteiger partial charge in [-0.25, -0.2) is 4.79 Å². The van der Waals surface area contributed by atoms with Crippen LogP contribution in [0.25, 0.3) is 0 Å². The molecule has 0 saturated carbocycles. The van der Waals surface area contributed by atoms with Gasteiger partial charge in [-0.2, -0.15) is 0 Å². The molecule has 0 aliphatic carbocycles. The van der Waals surface area contributed by atoms with E-state index in [0.29, 0.717) is 25.3 Å². The molecule has 0 aromatic rings. The van der Waals surface area contributed by atoms with E-state index in [0.717, 1.165) is 31.6 Å². The summed E-state index contributed by atoms with van der Waals surface area (Å²) >= 11 is 0. The molecular formula is C19H30N4O4. The minimum Gasteiger partial charge on any atom is -0.477 e. The number of likely N-dealkylation sites (N-methyl/N-ethyl adjacent to an activating group) is 1. The van der Waals surface area contributed by atoms with Crippen LogP contribution in [0.1, 0.15) is 33.6 Å². The lowest BCUT2D eigenvalue weighted by atomic mass is 9.82. The maximum absolute atomic E-state index is 12.3. The molecule has 27 heavy (non-hydrogen) atoms. The average molecular weight is 378 g/mol. The van der Waals surface area contributed by atoms with Gasteiger partial charge >= 0.3 is 5.97 Å². The molecule has 3 heterocycles. The summed E-state index contributed by atoms with van der Waals surface area (Å²) in [5.74, 6) is -1.25. The number of carbonyl (C=O) groups excluding carboxylic acids is 1. The van der Waals surface area contributed by atoms with Crippen molar-refractivity contribution in [3.63, 3.8) is 0 Å². The van der Waals surface area contributed by atoms with Crippen LogP contribution in [0.2, 0.25) is 0 Å². The normalized spacial score (nSPS) is 28.6. The van der Waals surface area contributed by atoms with Gasteiger partial charge in [0.15, 0.2) is 0 Å². The number of aliphatic hydroxyl groups excluding tert-OH is 1. The lowest BCUT2D eigenvalue weighted by molar-refractivity contribution is -0.161. The molecule has 0 spiro atoms. The summed E-state index contributed by atoms with van der Waals surface area (Å²) in [5, 5.41) is 27.9. The molecule has 3 rings (SSSR count). The van der Waals surface area contributed by atoms with E-state index < -0.39 is 18.0 Å². The second-order valence-corrected chi connectivity index (χ2v) is 7.76. The van der Waals surface area contributed by atoms with Gasteiger partial charge < -0.3 is 20.0 Å². The summed E-state index contributed by atoms with van der Waals surface area (Å²) in [5.41, 5.74) is 0.922. The van der Waals surface area contributed by atoms with Crippen molar-refractivity contribution in [3.8, 4) is 0 Å². The van der Waals surface area contributed by atoms with Gasteiger partial charge in [-0.15, -0.1) is 0 Å². The number of amidine groups is 1. The molecule has 3 aliphatic heterocycles. The molecule has 2 fully saturated rings. The molecule has 150 valence electrons. The quantitative estimate of drug-likeness (QED) is 0.340. The first-order chi connectivity index (χ1) is 12.8. The average Bonchev–Trinajstić information content (AvgIpc) is 3.21. The largest absolute Gasteiger partial charge is 0.477 e. The van der Waals surface area contributed by atoms with Gasteiger partial charge in [0, 0.05) is 19.0 Å². The third-order valence-electron chi connectivity index (χ3n) is 6.30. The number of carbonyl (C=O) groups is 2. The molecule has 1 amide bonds. The van der Waals surface area contributed by atoms with Crippen molar-refractivity contribution >= 4 is 17.7 Å². The first kappa shape index (κ1) is 19.8. The summed E-state index contributed by atoms with van der Waals surface area (Å²) in [4.78, 5) is 29.8. The zero-order chi connectivity index (χ0) is 19.9. The van der Waals surface area contributed by atoms with Crippen LogP contribution < -0.4 is 0 Å². The minimum absolute atomic E-state index is 0.0428. The number of nitrogens with one attached hydrogen (secondary N) is 1. The first-order valence-electron chi connectivity index (χ1n) is 9.82. The summed E-state index contributed by atoms with van der Waals surface area (Å²) in [7, 11) is 0. The van der Waals surface area contributed by atoms with Crippen molar-refractivity contribution in [3.05, 3.63) is 11.3 Å². The molecular weight excluding hydrogens is 348 g/mol. The Morgan fingerprint density at radius 3 is 2.59 bits per heavy atom. The van der Waals surface area contributed by atoms with Gasteiger partial charge in [0.1, 0.15) is 11.5 Å². The van der Waals surface area contributed by atoms with E-state index in [4.69, 9.17) is 5.41 Å². The lowest BCUT2D eigenvalue weighted by Crippen LogP contribution is -2.61. The van der Waals surface area contributed by atoms with E-state index in [-0.39, 0.29) is 23.6 Å². The summed E-state index contributed by atoms with van der Waals surface area (Å²) in [6.45, 7) is 9.48. The van der Waals surface area contributed by atoms with E-state index in [9.17, 15) is 19.8 Å². The number of hydrogen-bond donors (Lipinski definition) is 3. The van der Waals surface area contributed by atoms with Crippen LogP contribution in [0.15, 0.2) is 11.3 Å². The van der Waals surface area contributed by atoms with Gasteiger partial charge in [0.25, 0.3) is 0 Å². The number of amides is 1. The Morgan fingerprint density at radius 2 is 2.04 bits per heavy atom. The molecule has 0 aromatic carbocycles. The minimum atomic E-state index is -1.07. The van der Waals surface area contributed by atoms with Crippen molar-refractivity contribution in [2.24, 2.45) is 11.8 Å². The number of carboxylic acids is 1. The number of fused-ring (bicyclic) bond motifs is 1. The second-order valence-electron chi connectivity index (χ2n) is 7.76. The number of nitrogens with zero attached hydrogens (tertiary/aromatic N) is 3. The van der Waals surface area contributed by atoms with Gasteiger partial charge in [-0.3, -0.25) is 15.1 Å². The van der Waals surface area contributed by atoms with E-state index in [2.05, 4.69) is 18.7 Å². The molecule has 3 aliphatic rings. The molecule has 2 saturated heterocycles. The monoisotopic (exact) mass is 378 g/mol. The zero-order valence-corrected chi connectivity index (χ0v) is 16.3. The Kier molecular flexibility index (Phi) is 5.58. The van der Waals surface area contributed by atoms with E-state index in [1.807, 2.05) is 4.90 Å². The second kappa shape index (κ2) is 7.59. The van der Waals surface area contributed by atoms with Crippen LogP contribution in [0.4, 0.5) is 0 Å². The van der Waals surface area contributed by atoms with Crippen LogP contribution in [0, 0.1) is 17.2 Å². The predicted octanol–water partition coefficient (Wildman–Crippen LogP) is 0.578. The van der Waals surface area contributed by atoms with Crippen LogP contribution in [0.3, 0.4) is 0 Å². The molecule has 3 N–H and O–H groups in total. The fraction of sp³-hybridized carbons (Fsp3) is 0.737. The SMILES string of the molecule is CCN(CC)CC(=N)N1CC[C@@H](C2=C(C(=O)O)N3C(=O)[C@H]([C@@H](C)O)[C@H]3C2)C1. The number of carboxylic acid groups (broad SMARTS) is 1. The molecule has 0 aromatic heterocycles. The number of β-lactam (4-membered cyclic amide) rings is 1. The predicted molar refractivity (Wildman–Crippen MR) is 100 cm³/mol. The fourth-order valence-electron chi connectivity index (χ4n) is 4.72. The zero-order valence-electron chi connectivity index (χ0n) is 16.3. The highest BCUT2D eigenvalue weighted by Gasteiger charge is 2.57. The maximum atomic E-state index is 12.3. The number of aliphatic carboxylic acids is 1. The van der Waals surface area contributed by atoms with E-state index >= 15 is 0 Å². The Morgan fingerprint density at radius 1 is 1.37 bits per heavy atom. The van der Waals surface area contributed by atoms with Crippen LogP contribution in [-0.2, 0) is 9.59 Å². The Labute approximate surface area is 159 Å². The molecule has 8 heteroatoms. The van der Waals surface area contributed by atoms with E-state index in [1.165, 1.54) is 4.90 Å². The number of hydrogen-bond acceptors (Lipinski definition) is 5. The summed E-state index contributed by atoms with van der Waals surface area (Å²) in [6.07, 6.45) is 0.543. The summed E-state index contributed by atoms with van der Waals surface area (Å²) in [6, 6.07) is -0.234. The summed E-state index contributed by atoms with van der Waals surface area (Å²) < 4.78 is 0. The molecule has 0 bridgehead atoms. The van der Waals surface area contributed by atoms with Crippen LogP contribution in [0.5, 0.6) is 0 Å². The van der Waals surface area contributed by atoms with Crippen molar-refractivity contribution in [1.29, 1.82) is 5.41 Å². The van der Waals surface area contributed by atoms with E-state index in [1.54, 1.807) is 6.92 Å². The van der Waals surface area contributed by atoms with Gasteiger partial charge in [0.05, 0.1) is 24.6 Å². The van der Waals surface area contributed by atoms with Crippen LogP contribution in [-0.4, -0.2) is 87.5 Å². The smallest absolute Gasteiger partial charge is 0.352 e. The highest BCUT2D eigenvalue weighted by atomic mass is 16.4. The molecule has 4 atom stereocenters. The first-order valence-corrected chi connectivity index (χ1v) is 9.82. The lowest BCUT2D eigenvalue weighted by Gasteiger charge is -2.44. The fourth-order valence-corrected chi connectivity index (χ4v) is 4.72. The highest BCUT2D eigenvalue weighted by molar-refractivity contribution is 5.99. The molecule has 0 unspecified atom stereocenters. The van der Waals surface area contributed by atoms with Gasteiger partial charge in [-0.05, 0) is 38.4 Å². The topological polar surface area (TPSA) is 108 Å². The highest BCUT2D eigenvalue weighted by Crippen LogP contribution is 2.47. The maximum Gasteiger partial charge on any atom is 0.352 e. The number of likely N-dealkylation sites (tertiary alicyclic amines) is 1. The van der Waals surface area contributed by atoms with Gasteiger partial charge in [-0.1, -0.05) is 13.8 Å². The molecule has 0 radical (unpaired) electrons.